The third kappa shape index (κ3) is 7.84. The molecule has 4 N–H and O–H groups in total. The first-order valence-electron chi connectivity index (χ1n) is 13.4. The summed E-state index contributed by atoms with van der Waals surface area (Å²) in [6.07, 6.45) is -4.77. The van der Waals surface area contributed by atoms with Crippen LogP contribution >= 0.6 is 0 Å². The number of alkyl halides is 5. The molecule has 242 valence electrons. The molecule has 0 unspecified atom stereocenters. The van der Waals surface area contributed by atoms with Gasteiger partial charge in [0, 0.05) is 37.3 Å². The lowest BCUT2D eigenvalue weighted by atomic mass is 9.99. The number of carboxylic acid groups (broad SMARTS) is 1. The van der Waals surface area contributed by atoms with Gasteiger partial charge in [-0.25, -0.2) is 8.42 Å². The highest BCUT2D eigenvalue weighted by Gasteiger charge is 2.57. The SMILES string of the molecule is CCc1cn2c3c(cc(C(=O)N[C@@H](Cc4ccccc4)[C@H](O)CNCC(F)(F)C(F)(F)F)cc13)N(C)S(=O)(=O)CC2.O=CO. The van der Waals surface area contributed by atoms with Crippen molar-refractivity contribution in [2.45, 2.75) is 50.6 Å². The van der Waals surface area contributed by atoms with Crippen LogP contribution in [0.5, 0.6) is 0 Å². The van der Waals surface area contributed by atoms with Gasteiger partial charge in [0.1, 0.15) is 0 Å². The maximum Gasteiger partial charge on any atom is 0.454 e. The molecule has 0 radical (unpaired) electrons. The maximum atomic E-state index is 13.5. The molecule has 1 aromatic heterocycles. The number of amides is 1. The third-order valence-corrected chi connectivity index (χ3v) is 8.95. The van der Waals surface area contributed by atoms with E-state index in [1.165, 1.54) is 13.1 Å². The fourth-order valence-electron chi connectivity index (χ4n) is 4.84. The number of anilines is 1. The van der Waals surface area contributed by atoms with Gasteiger partial charge in [0.15, 0.2) is 0 Å². The number of nitrogens with one attached hydrogen (secondary N) is 2. The van der Waals surface area contributed by atoms with Crippen LogP contribution in [0.2, 0.25) is 0 Å². The van der Waals surface area contributed by atoms with Crippen molar-refractivity contribution in [3.63, 3.8) is 0 Å². The molecule has 1 amide bonds. The molecule has 0 fully saturated rings. The summed E-state index contributed by atoms with van der Waals surface area (Å²) >= 11 is 0. The van der Waals surface area contributed by atoms with Crippen molar-refractivity contribution in [1.29, 1.82) is 0 Å². The van der Waals surface area contributed by atoms with Crippen molar-refractivity contribution >= 4 is 39.0 Å². The van der Waals surface area contributed by atoms with Gasteiger partial charge in [-0.05, 0) is 36.1 Å². The number of aliphatic hydroxyl groups excluding tert-OH is 1. The van der Waals surface area contributed by atoms with Crippen LogP contribution < -0.4 is 14.9 Å². The second kappa shape index (κ2) is 13.9. The predicted molar refractivity (Wildman–Crippen MR) is 153 cm³/mol. The fourth-order valence-corrected chi connectivity index (χ4v) is 5.98. The first kappa shape index (κ1) is 34.7. The van der Waals surface area contributed by atoms with Crippen LogP contribution in [-0.4, -0.2) is 85.7 Å². The van der Waals surface area contributed by atoms with Crippen LogP contribution in [0.3, 0.4) is 0 Å². The Kier molecular flexibility index (Phi) is 11.0. The maximum absolute atomic E-state index is 13.5. The molecule has 0 aliphatic carbocycles. The van der Waals surface area contributed by atoms with Gasteiger partial charge >= 0.3 is 12.1 Å². The van der Waals surface area contributed by atoms with Crippen molar-refractivity contribution in [1.82, 2.24) is 15.2 Å². The third-order valence-electron chi connectivity index (χ3n) is 7.22. The molecule has 44 heavy (non-hydrogen) atoms. The summed E-state index contributed by atoms with van der Waals surface area (Å²) in [5.41, 5.74) is 2.65. The van der Waals surface area contributed by atoms with Crippen LogP contribution in [0.4, 0.5) is 27.6 Å². The Labute approximate surface area is 250 Å². The highest BCUT2D eigenvalue weighted by Crippen LogP contribution is 2.36. The molecule has 0 spiro atoms. The fraction of sp³-hybridized carbons (Fsp3) is 0.429. The van der Waals surface area contributed by atoms with Crippen molar-refractivity contribution in [3.05, 3.63) is 65.4 Å². The first-order chi connectivity index (χ1) is 20.6. The zero-order chi connectivity index (χ0) is 32.9. The summed E-state index contributed by atoms with van der Waals surface area (Å²) in [6, 6.07) is 10.6. The van der Waals surface area contributed by atoms with E-state index in [2.05, 4.69) is 5.32 Å². The van der Waals surface area contributed by atoms with Gasteiger partial charge in [-0.15, -0.1) is 0 Å². The summed E-state index contributed by atoms with van der Waals surface area (Å²) in [6.45, 7) is -0.471. The standard InChI is InChI=1S/C27H31F5N4O4S.CH2O2/c1-3-18-15-36-9-10-41(39,40)35(2)22-13-19(12-20(18)24(22)36)25(38)34-21(11-17-7-5-4-6-8-17)23(37)14-33-16-26(28,29)27(30,31)32;2-1-3/h4-8,12-13,15,21,23,33,37H,3,9-11,14,16H2,1-2H3,(H,34,38);1H,(H,2,3)/t21-,23+;/m0./s1. The second-order valence-electron chi connectivity index (χ2n) is 10.2. The van der Waals surface area contributed by atoms with Gasteiger partial charge in [0.25, 0.3) is 12.4 Å². The van der Waals surface area contributed by atoms with Gasteiger partial charge in [-0.1, -0.05) is 37.3 Å². The van der Waals surface area contributed by atoms with Crippen molar-refractivity contribution in [3.8, 4) is 0 Å². The second-order valence-corrected chi connectivity index (χ2v) is 12.3. The van der Waals surface area contributed by atoms with Crippen molar-refractivity contribution in [2.24, 2.45) is 0 Å². The normalized spacial score (nSPS) is 16.0. The number of carbonyl (C=O) groups is 2. The van der Waals surface area contributed by atoms with Gasteiger partial charge in [-0.2, -0.15) is 22.0 Å². The molecule has 3 aromatic rings. The highest BCUT2D eigenvalue weighted by atomic mass is 32.2. The number of aryl methyl sites for hydroxylation is 2. The number of aromatic nitrogens is 1. The molecular formula is C28H33F5N4O6S. The monoisotopic (exact) mass is 648 g/mol. The van der Waals surface area contributed by atoms with E-state index in [1.54, 1.807) is 36.4 Å². The van der Waals surface area contributed by atoms with E-state index in [0.29, 0.717) is 28.6 Å². The van der Waals surface area contributed by atoms with Crippen molar-refractivity contribution in [2.75, 3.05) is 30.2 Å². The summed E-state index contributed by atoms with van der Waals surface area (Å²) < 4.78 is 92.9. The highest BCUT2D eigenvalue weighted by molar-refractivity contribution is 7.92. The number of aliphatic hydroxyl groups is 1. The van der Waals surface area contributed by atoms with Crippen LogP contribution in [0, 0.1) is 0 Å². The van der Waals surface area contributed by atoms with E-state index in [0.717, 1.165) is 9.87 Å². The van der Waals surface area contributed by atoms with Gasteiger partial charge in [0.2, 0.25) is 10.0 Å². The molecule has 10 nitrogen and oxygen atoms in total. The summed E-state index contributed by atoms with van der Waals surface area (Å²) in [5, 5.41) is 23.0. The minimum absolute atomic E-state index is 0.0467. The van der Waals surface area contributed by atoms with E-state index in [1.807, 2.05) is 23.0 Å². The van der Waals surface area contributed by atoms with Gasteiger partial charge in [-0.3, -0.25) is 13.9 Å². The quantitative estimate of drug-likeness (QED) is 0.196. The van der Waals surface area contributed by atoms with Crippen LogP contribution in [0.25, 0.3) is 10.9 Å². The zero-order valence-electron chi connectivity index (χ0n) is 23.8. The van der Waals surface area contributed by atoms with Crippen LogP contribution in [0.15, 0.2) is 48.7 Å². The Morgan fingerprint density at radius 2 is 1.77 bits per heavy atom. The number of benzene rings is 2. The number of carbonyl (C=O) groups excluding carboxylic acids is 1. The number of hydrogen-bond acceptors (Lipinski definition) is 6. The largest absolute Gasteiger partial charge is 0.483 e. The average molecular weight is 649 g/mol. The molecule has 2 aromatic carbocycles. The lowest BCUT2D eigenvalue weighted by Gasteiger charge is -2.26. The lowest BCUT2D eigenvalue weighted by molar-refractivity contribution is -0.279. The molecule has 0 saturated heterocycles. The number of nitrogens with zero attached hydrogens (tertiary/aromatic N) is 2. The number of sulfonamides is 1. The molecule has 4 rings (SSSR count). The molecule has 2 heterocycles. The average Bonchev–Trinajstić information content (AvgIpc) is 3.28. The van der Waals surface area contributed by atoms with E-state index in [-0.39, 0.29) is 30.8 Å². The smallest absolute Gasteiger partial charge is 0.454 e. The first-order valence-corrected chi connectivity index (χ1v) is 15.1. The Bertz CT molecular complexity index is 1560. The number of hydrogen-bond donors (Lipinski definition) is 4. The van der Waals surface area contributed by atoms with E-state index >= 15 is 0 Å². The topological polar surface area (TPSA) is 141 Å². The Morgan fingerprint density at radius 3 is 2.36 bits per heavy atom. The van der Waals surface area contributed by atoms with E-state index in [4.69, 9.17) is 9.90 Å². The van der Waals surface area contributed by atoms with Crippen molar-refractivity contribution < 1.29 is 50.2 Å². The van der Waals surface area contributed by atoms with Crippen LogP contribution in [0.1, 0.15) is 28.4 Å². The van der Waals surface area contributed by atoms with Gasteiger partial charge < -0.3 is 25.4 Å². The molecular weight excluding hydrogens is 615 g/mol. The van der Waals surface area contributed by atoms with Crippen LogP contribution in [-0.2, 0) is 34.2 Å². The summed E-state index contributed by atoms with van der Waals surface area (Å²) in [5.74, 6) is -5.80. The molecule has 1 aliphatic heterocycles. The number of halogens is 5. The molecule has 16 heteroatoms. The molecule has 2 atom stereocenters. The Hall–Kier alpha value is -3.76. The minimum Gasteiger partial charge on any atom is -0.483 e. The predicted octanol–water partition coefficient (Wildman–Crippen LogP) is 3.17. The number of rotatable bonds is 10. The minimum atomic E-state index is -5.75. The zero-order valence-corrected chi connectivity index (χ0v) is 24.6. The van der Waals surface area contributed by atoms with E-state index in [9.17, 15) is 40.3 Å². The Balaban J connectivity index is 0.00000169. The lowest BCUT2D eigenvalue weighted by Crippen LogP contribution is -2.51. The molecule has 0 bridgehead atoms. The molecule has 1 aliphatic rings. The van der Waals surface area contributed by atoms with Gasteiger partial charge in [0.05, 0.1) is 35.6 Å². The molecule has 0 saturated carbocycles. The van der Waals surface area contributed by atoms with E-state index < -0.39 is 53.3 Å². The summed E-state index contributed by atoms with van der Waals surface area (Å²) in [4.78, 5) is 21.9. The summed E-state index contributed by atoms with van der Waals surface area (Å²) in [7, 11) is -2.26. The Morgan fingerprint density at radius 1 is 1.14 bits per heavy atom.